The number of rotatable bonds is 6. The van der Waals surface area contributed by atoms with Crippen molar-refractivity contribution in [3.63, 3.8) is 0 Å². The van der Waals surface area contributed by atoms with Crippen LogP contribution in [0.4, 0.5) is 19.0 Å². The molecule has 2 aromatic carbocycles. The number of nitrogens with one attached hydrogen (secondary N) is 2. The van der Waals surface area contributed by atoms with Gasteiger partial charge in [0.05, 0.1) is 11.1 Å². The van der Waals surface area contributed by atoms with Crippen molar-refractivity contribution in [1.82, 2.24) is 14.6 Å². The number of ether oxygens (including phenoxy) is 1. The van der Waals surface area contributed by atoms with Crippen molar-refractivity contribution in [3.05, 3.63) is 71.9 Å². The Morgan fingerprint density at radius 1 is 1.00 bits per heavy atom. The Kier molecular flexibility index (Phi) is 6.54. The Morgan fingerprint density at radius 2 is 1.70 bits per heavy atom. The van der Waals surface area contributed by atoms with Gasteiger partial charge in [-0.05, 0) is 59.9 Å². The third-order valence-corrected chi connectivity index (χ3v) is 8.31. The molecule has 0 aliphatic carbocycles. The largest absolute Gasteiger partial charge is 0.573 e. The van der Waals surface area contributed by atoms with E-state index in [1.807, 2.05) is 18.2 Å². The molecule has 0 saturated carbocycles. The molecule has 0 atom stereocenters. The molecule has 0 unspecified atom stereocenters. The first-order valence-corrected chi connectivity index (χ1v) is 13.0. The second-order valence-corrected chi connectivity index (χ2v) is 10.8. The van der Waals surface area contributed by atoms with Crippen LogP contribution < -0.4 is 15.4 Å². The van der Waals surface area contributed by atoms with Gasteiger partial charge in [0.2, 0.25) is 10.0 Å². The first kappa shape index (κ1) is 25.0. The number of sulfonamides is 1. The Hall–Kier alpha value is -3.64. The fourth-order valence-corrected chi connectivity index (χ4v) is 5.94. The molecule has 37 heavy (non-hydrogen) atoms. The Morgan fingerprint density at radius 3 is 2.35 bits per heavy atom. The van der Waals surface area contributed by atoms with Crippen LogP contribution >= 0.6 is 0 Å². The maximum Gasteiger partial charge on any atom is 0.573 e. The lowest BCUT2D eigenvalue weighted by Crippen LogP contribution is -2.42. The number of benzene rings is 2. The maximum absolute atomic E-state index is 13.2. The normalized spacial score (nSPS) is 16.8. The second kappa shape index (κ2) is 9.67. The number of aromatic nitrogens is 1. The van der Waals surface area contributed by atoms with Gasteiger partial charge >= 0.3 is 6.36 Å². The van der Waals surface area contributed by atoms with Gasteiger partial charge < -0.3 is 15.4 Å². The second-order valence-electron chi connectivity index (χ2n) is 8.83. The Labute approximate surface area is 211 Å². The van der Waals surface area contributed by atoms with Crippen LogP contribution in [-0.4, -0.2) is 49.1 Å². The molecule has 3 heterocycles. The summed E-state index contributed by atoms with van der Waals surface area (Å²) in [5.74, 6) is -0.140. The summed E-state index contributed by atoms with van der Waals surface area (Å²) in [5.41, 5.74) is 3.21. The number of amides is 1. The van der Waals surface area contributed by atoms with Crippen LogP contribution in [0.5, 0.6) is 5.75 Å². The zero-order valence-electron chi connectivity index (χ0n) is 19.5. The van der Waals surface area contributed by atoms with Gasteiger partial charge in [-0.15, -0.1) is 13.2 Å². The summed E-state index contributed by atoms with van der Waals surface area (Å²) >= 11 is 0. The summed E-state index contributed by atoms with van der Waals surface area (Å²) in [6, 6.07) is 14.7. The number of hydrogen-bond donors (Lipinski definition) is 2. The van der Waals surface area contributed by atoms with Gasteiger partial charge in [0.15, 0.2) is 0 Å². The summed E-state index contributed by atoms with van der Waals surface area (Å²) in [6.45, 7) is 1.09. The van der Waals surface area contributed by atoms with Crippen LogP contribution in [0.2, 0.25) is 0 Å². The highest BCUT2D eigenvalue weighted by atomic mass is 32.2. The molecular weight excluding hydrogens is 509 g/mol. The average molecular weight is 533 g/mol. The zero-order valence-corrected chi connectivity index (χ0v) is 20.3. The van der Waals surface area contributed by atoms with Crippen LogP contribution in [0.15, 0.2) is 65.7 Å². The van der Waals surface area contributed by atoms with E-state index in [9.17, 15) is 26.4 Å². The van der Waals surface area contributed by atoms with Crippen molar-refractivity contribution >= 4 is 21.7 Å². The van der Waals surface area contributed by atoms with E-state index in [0.717, 1.165) is 22.9 Å². The van der Waals surface area contributed by atoms with Crippen LogP contribution in [0.25, 0.3) is 11.1 Å². The van der Waals surface area contributed by atoms with Gasteiger partial charge in [-0.25, -0.2) is 13.4 Å². The summed E-state index contributed by atoms with van der Waals surface area (Å²) in [7, 11) is -3.70. The molecule has 8 nitrogen and oxygen atoms in total. The first-order valence-electron chi connectivity index (χ1n) is 11.6. The highest BCUT2D eigenvalue weighted by Gasteiger charge is 2.32. The number of pyridine rings is 1. The van der Waals surface area contributed by atoms with Gasteiger partial charge in [-0.2, -0.15) is 4.31 Å². The number of carbonyl (C=O) groups is 1. The van der Waals surface area contributed by atoms with Gasteiger partial charge in [0, 0.05) is 31.2 Å². The summed E-state index contributed by atoms with van der Waals surface area (Å²) in [5, 5.41) is 5.91. The molecule has 2 aliphatic heterocycles. The zero-order chi connectivity index (χ0) is 26.2. The Balaban J connectivity index is 1.19. The minimum atomic E-state index is -4.78. The third kappa shape index (κ3) is 5.54. The van der Waals surface area contributed by atoms with Crippen molar-refractivity contribution < 1.29 is 31.1 Å². The maximum atomic E-state index is 13.2. The van der Waals surface area contributed by atoms with Crippen LogP contribution in [0.3, 0.4) is 0 Å². The van der Waals surface area contributed by atoms with Gasteiger partial charge in [0.25, 0.3) is 5.91 Å². The molecule has 2 aliphatic rings. The Bertz CT molecular complexity index is 1400. The van der Waals surface area contributed by atoms with Crippen molar-refractivity contribution in [2.24, 2.45) is 0 Å². The highest BCUT2D eigenvalue weighted by molar-refractivity contribution is 7.89. The van der Waals surface area contributed by atoms with Gasteiger partial charge in [-0.3, -0.25) is 4.79 Å². The molecule has 2 N–H and O–H groups in total. The van der Waals surface area contributed by atoms with Gasteiger partial charge in [-0.1, -0.05) is 24.3 Å². The predicted octanol–water partition coefficient (Wildman–Crippen LogP) is 4.16. The van der Waals surface area contributed by atoms with E-state index in [1.54, 1.807) is 24.3 Å². The van der Waals surface area contributed by atoms with E-state index >= 15 is 0 Å². The number of fused-ring (bicyclic) bond motifs is 1. The van der Waals surface area contributed by atoms with Crippen LogP contribution in [0, 0.1) is 0 Å². The number of hydrogen-bond acceptors (Lipinski definition) is 6. The fourth-order valence-electron chi connectivity index (χ4n) is 4.47. The van der Waals surface area contributed by atoms with Crippen molar-refractivity contribution in [1.29, 1.82) is 0 Å². The lowest BCUT2D eigenvalue weighted by Gasteiger charge is -2.32. The molecule has 1 fully saturated rings. The SMILES string of the molecule is O=C1NCc2ccc(-c3ccc(S(=O)(=O)N4CCC(Nc5ccc(OC(F)(F)F)cn5)CC4)cc3)cc21. The highest BCUT2D eigenvalue weighted by Crippen LogP contribution is 2.28. The molecule has 1 aromatic heterocycles. The molecule has 0 radical (unpaired) electrons. The van der Waals surface area contributed by atoms with Crippen molar-refractivity contribution in [3.8, 4) is 16.9 Å². The van der Waals surface area contributed by atoms with Crippen LogP contribution in [-0.2, 0) is 16.6 Å². The lowest BCUT2D eigenvalue weighted by molar-refractivity contribution is -0.274. The van der Waals surface area contributed by atoms with Crippen molar-refractivity contribution in [2.75, 3.05) is 18.4 Å². The lowest BCUT2D eigenvalue weighted by atomic mass is 10.0. The molecule has 1 amide bonds. The van der Waals surface area contributed by atoms with E-state index in [1.165, 1.54) is 16.4 Å². The third-order valence-electron chi connectivity index (χ3n) is 6.40. The molecular formula is C25H23F3N4O4S. The molecule has 1 saturated heterocycles. The van der Waals surface area contributed by atoms with E-state index in [0.29, 0.717) is 30.8 Å². The topological polar surface area (TPSA) is 101 Å². The summed E-state index contributed by atoms with van der Waals surface area (Å²) in [6.07, 6.45) is -2.78. The van der Waals surface area contributed by atoms with Gasteiger partial charge in [0.1, 0.15) is 11.6 Å². The quantitative estimate of drug-likeness (QED) is 0.495. The number of piperidine rings is 1. The minimum absolute atomic E-state index is 0.0762. The molecule has 194 valence electrons. The number of halogens is 3. The number of nitrogens with zero attached hydrogens (tertiary/aromatic N) is 2. The molecule has 0 spiro atoms. The van der Waals surface area contributed by atoms with E-state index in [-0.39, 0.29) is 29.9 Å². The monoisotopic (exact) mass is 532 g/mol. The average Bonchev–Trinajstić information content (AvgIpc) is 3.25. The number of alkyl halides is 3. The van der Waals surface area contributed by atoms with Crippen LogP contribution in [0.1, 0.15) is 28.8 Å². The van der Waals surface area contributed by atoms with E-state index < -0.39 is 22.1 Å². The molecule has 0 bridgehead atoms. The summed E-state index contributed by atoms with van der Waals surface area (Å²) < 4.78 is 68.5. The molecule has 5 rings (SSSR count). The minimum Gasteiger partial charge on any atom is -0.404 e. The molecule has 3 aromatic rings. The van der Waals surface area contributed by atoms with E-state index in [4.69, 9.17) is 0 Å². The number of anilines is 1. The smallest absolute Gasteiger partial charge is 0.404 e. The standard InChI is InChI=1S/C25H23F3N4O4S/c26-25(27,28)36-20-5-8-23(29-15-20)31-19-9-11-32(12-10-19)37(34,35)21-6-3-16(4-7-21)17-1-2-18-14-30-24(33)22(18)13-17/h1-8,13,15,19H,9-12,14H2,(H,29,31)(H,30,33). The summed E-state index contributed by atoms with van der Waals surface area (Å²) in [4.78, 5) is 16.1. The predicted molar refractivity (Wildman–Crippen MR) is 129 cm³/mol. The number of carbonyl (C=O) groups excluding carboxylic acids is 1. The molecule has 12 heteroatoms. The van der Waals surface area contributed by atoms with E-state index in [2.05, 4.69) is 20.4 Å². The van der Waals surface area contributed by atoms with Crippen molar-refractivity contribution in [2.45, 2.75) is 36.7 Å². The fraction of sp³-hybridized carbons (Fsp3) is 0.280. The first-order chi connectivity index (χ1) is 17.6.